The van der Waals surface area contributed by atoms with Crippen LogP contribution in [-0.4, -0.2) is 17.1 Å². The van der Waals surface area contributed by atoms with E-state index in [1.165, 1.54) is 0 Å². The number of carbonyl (C=O) groups excluding carboxylic acids is 1. The first-order valence-electron chi connectivity index (χ1n) is 3.64. The van der Waals surface area contributed by atoms with E-state index in [0.29, 0.717) is 5.69 Å². The highest BCUT2D eigenvalue weighted by Gasteiger charge is 2.10. The molecule has 1 heterocycles. The van der Waals surface area contributed by atoms with Crippen molar-refractivity contribution in [2.45, 2.75) is 20.0 Å². The average Bonchev–Trinajstić information content (AvgIpc) is 2.34. The lowest BCUT2D eigenvalue weighted by atomic mass is 10.4. The van der Waals surface area contributed by atoms with Crippen LogP contribution in [0, 0.1) is 0 Å². The van der Waals surface area contributed by atoms with Gasteiger partial charge in [0.15, 0.2) is 0 Å². The summed E-state index contributed by atoms with van der Waals surface area (Å²) < 4.78 is 5.80. The van der Waals surface area contributed by atoms with Crippen molar-refractivity contribution in [2.75, 3.05) is 0 Å². The van der Waals surface area contributed by atoms with Gasteiger partial charge in [0.2, 0.25) is 0 Å². The number of ether oxygens (including phenoxy) is 1. The molecule has 0 amide bonds. The largest absolute Gasteiger partial charge is 0.458 e. The minimum atomic E-state index is -0.323. The molecule has 0 aliphatic rings. The Morgan fingerprint density at radius 3 is 2.75 bits per heavy atom. The maximum absolute atomic E-state index is 11.2. The summed E-state index contributed by atoms with van der Waals surface area (Å²) in [5.74, 6) is -0.323. The van der Waals surface area contributed by atoms with Crippen molar-refractivity contribution in [1.29, 1.82) is 0 Å². The Labute approximate surface area is 79.2 Å². The van der Waals surface area contributed by atoms with Gasteiger partial charge in [0.05, 0.1) is 6.10 Å². The average molecular weight is 232 g/mol. The third kappa shape index (κ3) is 2.37. The predicted molar refractivity (Wildman–Crippen MR) is 49.0 cm³/mol. The molecule has 0 radical (unpaired) electrons. The van der Waals surface area contributed by atoms with E-state index in [-0.39, 0.29) is 12.1 Å². The Balaban J connectivity index is 2.65. The van der Waals surface area contributed by atoms with Gasteiger partial charge in [-0.2, -0.15) is 0 Å². The predicted octanol–water partition coefficient (Wildman–Crippen LogP) is 2.34. The fourth-order valence-electron chi connectivity index (χ4n) is 0.763. The van der Waals surface area contributed by atoms with Crippen molar-refractivity contribution >= 4 is 21.9 Å². The molecule has 0 atom stereocenters. The smallest absolute Gasteiger partial charge is 0.355 e. The lowest BCUT2D eigenvalue weighted by Crippen LogP contribution is -2.11. The quantitative estimate of drug-likeness (QED) is 0.795. The summed E-state index contributed by atoms with van der Waals surface area (Å²) in [6.45, 7) is 3.63. The van der Waals surface area contributed by atoms with Crippen molar-refractivity contribution in [3.63, 3.8) is 0 Å². The van der Waals surface area contributed by atoms with Gasteiger partial charge in [-0.1, -0.05) is 0 Å². The van der Waals surface area contributed by atoms with Crippen LogP contribution in [0.1, 0.15) is 24.3 Å². The van der Waals surface area contributed by atoms with Crippen molar-refractivity contribution in [1.82, 2.24) is 4.98 Å². The summed E-state index contributed by atoms with van der Waals surface area (Å²) >= 11 is 3.23. The van der Waals surface area contributed by atoms with Crippen molar-refractivity contribution in [3.8, 4) is 0 Å². The maximum Gasteiger partial charge on any atom is 0.355 e. The molecule has 0 unspecified atom stereocenters. The molecule has 1 rings (SSSR count). The highest BCUT2D eigenvalue weighted by Crippen LogP contribution is 2.11. The second-order valence-electron chi connectivity index (χ2n) is 2.69. The highest BCUT2D eigenvalue weighted by molar-refractivity contribution is 9.10. The normalized spacial score (nSPS) is 10.3. The van der Waals surface area contributed by atoms with E-state index in [0.717, 1.165) is 4.47 Å². The first-order chi connectivity index (χ1) is 5.59. The van der Waals surface area contributed by atoms with E-state index in [1.807, 2.05) is 13.8 Å². The summed E-state index contributed by atoms with van der Waals surface area (Å²) in [6, 6.07) is 1.69. The Hall–Kier alpha value is -0.770. The number of carbonyl (C=O) groups is 1. The first-order valence-corrected chi connectivity index (χ1v) is 4.44. The van der Waals surface area contributed by atoms with Crippen LogP contribution in [0.2, 0.25) is 0 Å². The number of rotatable bonds is 2. The van der Waals surface area contributed by atoms with Gasteiger partial charge < -0.3 is 9.72 Å². The van der Waals surface area contributed by atoms with Crippen LogP contribution in [0.15, 0.2) is 16.7 Å². The van der Waals surface area contributed by atoms with Gasteiger partial charge in [0.25, 0.3) is 0 Å². The second-order valence-corrected chi connectivity index (χ2v) is 3.60. The van der Waals surface area contributed by atoms with E-state index in [4.69, 9.17) is 4.74 Å². The van der Waals surface area contributed by atoms with Gasteiger partial charge in [-0.3, -0.25) is 0 Å². The number of nitrogens with one attached hydrogen (secondary N) is 1. The number of hydrogen-bond acceptors (Lipinski definition) is 2. The van der Waals surface area contributed by atoms with Crippen LogP contribution < -0.4 is 0 Å². The van der Waals surface area contributed by atoms with Crippen LogP contribution >= 0.6 is 15.9 Å². The SMILES string of the molecule is CC(C)OC(=O)c1cc(Br)c[nH]1. The van der Waals surface area contributed by atoms with Crippen LogP contribution in [0.5, 0.6) is 0 Å². The molecule has 12 heavy (non-hydrogen) atoms. The summed E-state index contributed by atoms with van der Waals surface area (Å²) in [7, 11) is 0. The van der Waals surface area contributed by atoms with E-state index in [9.17, 15) is 4.79 Å². The Morgan fingerprint density at radius 1 is 1.67 bits per heavy atom. The van der Waals surface area contributed by atoms with E-state index in [1.54, 1.807) is 12.3 Å². The fourth-order valence-corrected chi connectivity index (χ4v) is 1.11. The van der Waals surface area contributed by atoms with Crippen molar-refractivity contribution in [2.24, 2.45) is 0 Å². The lowest BCUT2D eigenvalue weighted by Gasteiger charge is -2.05. The van der Waals surface area contributed by atoms with Crippen molar-refractivity contribution in [3.05, 3.63) is 22.4 Å². The molecule has 4 heteroatoms. The van der Waals surface area contributed by atoms with Gasteiger partial charge in [-0.25, -0.2) is 4.79 Å². The molecular formula is C8H10BrNO2. The summed E-state index contributed by atoms with van der Waals surface area (Å²) in [4.78, 5) is 14.0. The standard InChI is InChI=1S/C8H10BrNO2/c1-5(2)12-8(11)7-3-6(9)4-10-7/h3-5,10H,1-2H3. The molecule has 0 saturated heterocycles. The fraction of sp³-hybridized carbons (Fsp3) is 0.375. The minimum Gasteiger partial charge on any atom is -0.458 e. The molecule has 3 nitrogen and oxygen atoms in total. The third-order valence-corrected chi connectivity index (χ3v) is 1.67. The first kappa shape index (κ1) is 9.32. The highest BCUT2D eigenvalue weighted by atomic mass is 79.9. The van der Waals surface area contributed by atoms with Crippen LogP contribution in [0.4, 0.5) is 0 Å². The minimum absolute atomic E-state index is 0.0837. The van der Waals surface area contributed by atoms with E-state index >= 15 is 0 Å². The molecule has 0 fully saturated rings. The molecule has 66 valence electrons. The zero-order valence-electron chi connectivity index (χ0n) is 6.93. The van der Waals surface area contributed by atoms with Crippen LogP contribution in [-0.2, 0) is 4.74 Å². The molecule has 0 aliphatic heterocycles. The van der Waals surface area contributed by atoms with Crippen molar-refractivity contribution < 1.29 is 9.53 Å². The molecule has 0 bridgehead atoms. The lowest BCUT2D eigenvalue weighted by molar-refractivity contribution is 0.0371. The zero-order valence-corrected chi connectivity index (χ0v) is 8.51. The molecule has 1 aromatic rings. The summed E-state index contributed by atoms with van der Waals surface area (Å²) in [6.07, 6.45) is 1.61. The zero-order chi connectivity index (χ0) is 9.14. The molecule has 0 spiro atoms. The molecule has 1 aromatic heterocycles. The Morgan fingerprint density at radius 2 is 2.33 bits per heavy atom. The Kier molecular flexibility index (Phi) is 2.92. The van der Waals surface area contributed by atoms with Crippen LogP contribution in [0.3, 0.4) is 0 Å². The number of esters is 1. The van der Waals surface area contributed by atoms with E-state index in [2.05, 4.69) is 20.9 Å². The number of H-pyrrole nitrogens is 1. The monoisotopic (exact) mass is 231 g/mol. The topological polar surface area (TPSA) is 42.1 Å². The Bertz CT molecular complexity index is 280. The van der Waals surface area contributed by atoms with Gasteiger partial charge in [-0.05, 0) is 35.8 Å². The number of hydrogen-bond donors (Lipinski definition) is 1. The number of aromatic nitrogens is 1. The number of aromatic amines is 1. The summed E-state index contributed by atoms with van der Waals surface area (Å²) in [5, 5.41) is 0. The maximum atomic E-state index is 11.2. The van der Waals surface area contributed by atoms with Crippen LogP contribution in [0.25, 0.3) is 0 Å². The molecule has 1 N–H and O–H groups in total. The van der Waals surface area contributed by atoms with Gasteiger partial charge >= 0.3 is 5.97 Å². The third-order valence-electron chi connectivity index (χ3n) is 1.21. The molecule has 0 aliphatic carbocycles. The molecule has 0 aromatic carbocycles. The number of halogens is 1. The van der Waals surface area contributed by atoms with Gasteiger partial charge in [-0.15, -0.1) is 0 Å². The van der Waals surface area contributed by atoms with E-state index < -0.39 is 0 Å². The van der Waals surface area contributed by atoms with Gasteiger partial charge in [0, 0.05) is 10.7 Å². The summed E-state index contributed by atoms with van der Waals surface area (Å²) in [5.41, 5.74) is 0.468. The molecular weight excluding hydrogens is 222 g/mol. The second kappa shape index (κ2) is 3.76. The van der Waals surface area contributed by atoms with Gasteiger partial charge in [0.1, 0.15) is 5.69 Å². The molecule has 0 saturated carbocycles.